The Morgan fingerprint density at radius 2 is 1.82 bits per heavy atom. The Morgan fingerprint density at radius 1 is 1.12 bits per heavy atom. The van der Waals surface area contributed by atoms with Gasteiger partial charge in [0.1, 0.15) is 0 Å². The Hall–Kier alpha value is -0.860. The van der Waals surface area contributed by atoms with E-state index in [9.17, 15) is 5.11 Å². The molecule has 2 unspecified atom stereocenters. The molecule has 0 amide bonds. The van der Waals surface area contributed by atoms with E-state index in [4.69, 9.17) is 0 Å². The zero-order chi connectivity index (χ0) is 11.5. The van der Waals surface area contributed by atoms with Gasteiger partial charge in [0.25, 0.3) is 0 Å². The average Bonchev–Trinajstić information content (AvgIpc) is 2.80. The molecule has 4 rings (SSSR count). The van der Waals surface area contributed by atoms with Crippen molar-refractivity contribution in [1.82, 2.24) is 0 Å². The molecule has 0 saturated heterocycles. The highest BCUT2D eigenvalue weighted by Gasteiger charge is 2.65. The maximum Gasteiger partial charge on any atom is 0.0974 e. The van der Waals surface area contributed by atoms with Crippen LogP contribution in [0.2, 0.25) is 0 Å². The molecule has 1 N–H and O–H groups in total. The Balaban J connectivity index is 1.85. The lowest BCUT2D eigenvalue weighted by molar-refractivity contribution is 0.120. The van der Waals surface area contributed by atoms with Gasteiger partial charge in [0, 0.05) is 10.3 Å². The minimum Gasteiger partial charge on any atom is -0.385 e. The van der Waals surface area contributed by atoms with Crippen LogP contribution in [0.3, 0.4) is 0 Å². The topological polar surface area (TPSA) is 20.2 Å². The average molecular weight is 244 g/mol. The highest BCUT2D eigenvalue weighted by atomic mass is 32.1. The predicted octanol–water partition coefficient (Wildman–Crippen LogP) is 3.91. The van der Waals surface area contributed by atoms with Crippen molar-refractivity contribution in [3.63, 3.8) is 0 Å². The van der Waals surface area contributed by atoms with Crippen LogP contribution < -0.4 is 0 Å². The molecular formula is C15H16OS. The van der Waals surface area contributed by atoms with Crippen LogP contribution in [0.1, 0.15) is 31.2 Å². The molecule has 2 aliphatic carbocycles. The third kappa shape index (κ3) is 1.23. The number of benzene rings is 1. The van der Waals surface area contributed by atoms with Crippen LogP contribution in [-0.2, 0) is 5.60 Å². The summed E-state index contributed by atoms with van der Waals surface area (Å²) in [5.74, 6) is 1.07. The van der Waals surface area contributed by atoms with E-state index in [0.717, 1.165) is 0 Å². The van der Waals surface area contributed by atoms with Gasteiger partial charge in [0.05, 0.1) is 5.60 Å². The molecule has 2 fully saturated rings. The van der Waals surface area contributed by atoms with Crippen molar-refractivity contribution < 1.29 is 5.11 Å². The fourth-order valence-electron chi connectivity index (χ4n) is 3.78. The summed E-state index contributed by atoms with van der Waals surface area (Å²) >= 11 is 1.77. The highest BCUT2D eigenvalue weighted by Crippen LogP contribution is 2.65. The molecule has 0 spiro atoms. The zero-order valence-electron chi connectivity index (χ0n) is 9.73. The van der Waals surface area contributed by atoms with Crippen LogP contribution in [0, 0.1) is 11.8 Å². The van der Waals surface area contributed by atoms with Crippen LogP contribution in [0.5, 0.6) is 0 Å². The molecule has 1 aromatic heterocycles. The number of hydrogen-bond donors (Lipinski definition) is 1. The smallest absolute Gasteiger partial charge is 0.0974 e. The number of thiophene rings is 1. The first-order chi connectivity index (χ1) is 8.32. The van der Waals surface area contributed by atoms with Crippen LogP contribution >= 0.6 is 11.3 Å². The lowest BCUT2D eigenvalue weighted by Crippen LogP contribution is -2.09. The molecule has 1 heterocycles. The standard InChI is InChI=1S/C15H16OS/c16-15(11-6-2-3-7-12(11)15)13-9-17-14-8-4-1-5-10(13)14/h1,4-5,8-9,11-12,16H,2-3,6-7H2. The van der Waals surface area contributed by atoms with Gasteiger partial charge < -0.3 is 5.11 Å². The fraction of sp³-hybridized carbons (Fsp3) is 0.467. The SMILES string of the molecule is OC1(c2csc3ccccc23)C2CCCCC21. The van der Waals surface area contributed by atoms with E-state index in [-0.39, 0.29) is 0 Å². The molecular weight excluding hydrogens is 228 g/mol. The molecule has 17 heavy (non-hydrogen) atoms. The first-order valence-electron chi connectivity index (χ1n) is 6.51. The summed E-state index contributed by atoms with van der Waals surface area (Å²) in [7, 11) is 0. The highest BCUT2D eigenvalue weighted by molar-refractivity contribution is 7.17. The molecule has 1 nitrogen and oxygen atoms in total. The van der Waals surface area contributed by atoms with Gasteiger partial charge in [-0.25, -0.2) is 0 Å². The van der Waals surface area contributed by atoms with Crippen molar-refractivity contribution in [2.45, 2.75) is 31.3 Å². The first-order valence-corrected chi connectivity index (χ1v) is 7.39. The molecule has 2 aromatic rings. The van der Waals surface area contributed by atoms with Crippen molar-refractivity contribution in [1.29, 1.82) is 0 Å². The second-order valence-electron chi connectivity index (χ2n) is 5.47. The van der Waals surface area contributed by atoms with Crippen LogP contribution in [0.25, 0.3) is 10.1 Å². The third-order valence-electron chi connectivity index (χ3n) is 4.70. The monoisotopic (exact) mass is 244 g/mol. The van der Waals surface area contributed by atoms with Gasteiger partial charge in [-0.05, 0) is 41.5 Å². The summed E-state index contributed by atoms with van der Waals surface area (Å²) in [5, 5.41) is 14.4. The molecule has 88 valence electrons. The predicted molar refractivity (Wildman–Crippen MR) is 71.2 cm³/mol. The summed E-state index contributed by atoms with van der Waals surface area (Å²) < 4.78 is 1.31. The van der Waals surface area contributed by atoms with E-state index in [2.05, 4.69) is 29.6 Å². The molecule has 2 heteroatoms. The summed E-state index contributed by atoms with van der Waals surface area (Å²) in [6, 6.07) is 8.46. The zero-order valence-corrected chi connectivity index (χ0v) is 10.5. The lowest BCUT2D eigenvalue weighted by Gasteiger charge is -2.09. The van der Waals surface area contributed by atoms with Crippen LogP contribution in [0.15, 0.2) is 29.6 Å². The summed E-state index contributed by atoms with van der Waals surface area (Å²) in [4.78, 5) is 0. The summed E-state index contributed by atoms with van der Waals surface area (Å²) in [5.41, 5.74) is 0.714. The normalized spacial score (nSPS) is 35.8. The maximum absolute atomic E-state index is 11.0. The molecule has 0 bridgehead atoms. The number of rotatable bonds is 1. The Kier molecular flexibility index (Phi) is 1.98. The van der Waals surface area contributed by atoms with Gasteiger partial charge >= 0.3 is 0 Å². The third-order valence-corrected chi connectivity index (χ3v) is 5.66. The van der Waals surface area contributed by atoms with Crippen molar-refractivity contribution in [3.05, 3.63) is 35.2 Å². The molecule has 2 saturated carbocycles. The van der Waals surface area contributed by atoms with Gasteiger partial charge in [0.15, 0.2) is 0 Å². The molecule has 0 radical (unpaired) electrons. The van der Waals surface area contributed by atoms with Gasteiger partial charge in [-0.2, -0.15) is 0 Å². The van der Waals surface area contributed by atoms with Crippen molar-refractivity contribution >= 4 is 21.4 Å². The van der Waals surface area contributed by atoms with E-state index in [0.29, 0.717) is 11.8 Å². The minimum absolute atomic E-state index is 0.490. The molecule has 0 aliphatic heterocycles. The maximum atomic E-state index is 11.0. The second-order valence-corrected chi connectivity index (χ2v) is 6.38. The van der Waals surface area contributed by atoms with Gasteiger partial charge in [0.2, 0.25) is 0 Å². The quantitative estimate of drug-likeness (QED) is 0.806. The van der Waals surface area contributed by atoms with E-state index >= 15 is 0 Å². The molecule has 2 aliphatic rings. The number of aliphatic hydroxyl groups is 1. The number of fused-ring (bicyclic) bond motifs is 2. The molecule has 1 aromatic carbocycles. The van der Waals surface area contributed by atoms with Crippen molar-refractivity contribution in [2.24, 2.45) is 11.8 Å². The van der Waals surface area contributed by atoms with E-state index < -0.39 is 5.60 Å². The first kappa shape index (κ1) is 10.1. The summed E-state index contributed by atoms with van der Waals surface area (Å²) in [6.45, 7) is 0. The van der Waals surface area contributed by atoms with Gasteiger partial charge in [-0.1, -0.05) is 31.0 Å². The number of hydrogen-bond acceptors (Lipinski definition) is 2. The van der Waals surface area contributed by atoms with Crippen molar-refractivity contribution in [3.8, 4) is 0 Å². The Bertz CT molecular complexity index is 559. The van der Waals surface area contributed by atoms with Gasteiger partial charge in [-0.3, -0.25) is 0 Å². The fourth-order valence-corrected chi connectivity index (χ4v) is 4.80. The van der Waals surface area contributed by atoms with Crippen LogP contribution in [0.4, 0.5) is 0 Å². The van der Waals surface area contributed by atoms with E-state index in [1.54, 1.807) is 11.3 Å². The van der Waals surface area contributed by atoms with Gasteiger partial charge in [-0.15, -0.1) is 11.3 Å². The van der Waals surface area contributed by atoms with E-state index in [1.807, 2.05) is 0 Å². The second kappa shape index (κ2) is 3.33. The Labute approximate surface area is 105 Å². The summed E-state index contributed by atoms with van der Waals surface area (Å²) in [6.07, 6.45) is 5.02. The Morgan fingerprint density at radius 3 is 2.59 bits per heavy atom. The largest absolute Gasteiger partial charge is 0.385 e. The minimum atomic E-state index is -0.490. The van der Waals surface area contributed by atoms with Crippen molar-refractivity contribution in [2.75, 3.05) is 0 Å². The lowest BCUT2D eigenvalue weighted by atomic mass is 10.0. The van der Waals surface area contributed by atoms with E-state index in [1.165, 1.54) is 41.3 Å². The van der Waals surface area contributed by atoms with Crippen LogP contribution in [-0.4, -0.2) is 5.11 Å². The molecule has 2 atom stereocenters.